The van der Waals surface area contributed by atoms with Crippen molar-refractivity contribution >= 4 is 57.9 Å². The van der Waals surface area contributed by atoms with Crippen LogP contribution in [0.1, 0.15) is 6.42 Å². The van der Waals surface area contributed by atoms with E-state index in [0.717, 1.165) is 36.3 Å². The molecule has 1 aliphatic rings. The van der Waals surface area contributed by atoms with Crippen molar-refractivity contribution in [3.05, 3.63) is 0 Å². The summed E-state index contributed by atoms with van der Waals surface area (Å²) in [4.78, 5) is 18.3. The molecule has 90 valence electrons. The van der Waals surface area contributed by atoms with E-state index in [1.165, 1.54) is 0 Å². The Morgan fingerprint density at radius 1 is 1.27 bits per heavy atom. The molecule has 0 radical (unpaired) electrons. The van der Waals surface area contributed by atoms with Gasteiger partial charge in [-0.15, -0.1) is 5.06 Å². The summed E-state index contributed by atoms with van der Waals surface area (Å²) in [6.45, 7) is 3.40. The van der Waals surface area contributed by atoms with E-state index in [4.69, 9.17) is 4.84 Å². The quantitative estimate of drug-likeness (QED) is 0.418. The summed E-state index contributed by atoms with van der Waals surface area (Å²) in [7, 11) is 2.05. The predicted octanol–water partition coefficient (Wildman–Crippen LogP) is -0.517. The molecule has 1 aliphatic heterocycles. The molecule has 0 aliphatic carbocycles. The second-order valence-electron chi connectivity index (χ2n) is 3.23. The Hall–Kier alpha value is 0.773. The molecule has 5 nitrogen and oxygen atoms in total. The van der Waals surface area contributed by atoms with Crippen LogP contribution in [0.4, 0.5) is 4.79 Å². The van der Waals surface area contributed by atoms with Crippen LogP contribution in [-0.4, -0.2) is 79.2 Å². The molecule has 1 rings (SSSR count). The minimum atomic E-state index is -0.568. The fourth-order valence-electron chi connectivity index (χ4n) is 1.26. The van der Waals surface area contributed by atoms with Gasteiger partial charge in [0.15, 0.2) is 0 Å². The number of nitrogens with zero attached hydrogens (tertiary/aromatic N) is 3. The molecule has 1 amide bonds. The van der Waals surface area contributed by atoms with Crippen molar-refractivity contribution in [2.45, 2.75) is 6.42 Å². The number of carbonyl (C=O) groups is 1. The molecule has 1 saturated heterocycles. The molecule has 1 fully saturated rings. The van der Waals surface area contributed by atoms with Gasteiger partial charge in [-0.25, -0.2) is 4.79 Å². The van der Waals surface area contributed by atoms with Crippen LogP contribution in [0.25, 0.3) is 0 Å². The Labute approximate surface area is 120 Å². The second-order valence-corrected chi connectivity index (χ2v) is 4.35. The Kier molecular flexibility index (Phi) is 8.36. The van der Waals surface area contributed by atoms with Gasteiger partial charge in [0.25, 0.3) is 0 Å². The number of rotatable bonds is 1. The molecule has 0 saturated carbocycles. The first kappa shape index (κ1) is 15.8. The third-order valence-corrected chi connectivity index (χ3v) is 2.38. The normalized spacial score (nSPS) is 18.9. The van der Waals surface area contributed by atoms with E-state index in [9.17, 15) is 4.79 Å². The van der Waals surface area contributed by atoms with Gasteiger partial charge in [0.2, 0.25) is 0 Å². The predicted molar refractivity (Wildman–Crippen MR) is 69.9 cm³/mol. The molecule has 0 aromatic carbocycles. The molecule has 0 aromatic heterocycles. The molecule has 1 heterocycles. The average Bonchev–Trinajstić information content (AvgIpc) is 2.31. The Morgan fingerprint density at radius 3 is 2.53 bits per heavy atom. The molecule has 0 aromatic rings. The summed E-state index contributed by atoms with van der Waals surface area (Å²) in [6, 6.07) is 0. The van der Waals surface area contributed by atoms with E-state index in [1.54, 1.807) is 5.06 Å². The first-order valence-corrected chi connectivity index (χ1v) is 5.23. The third-order valence-electron chi connectivity index (χ3n) is 2.05. The molecule has 0 atom stereocenters. The van der Waals surface area contributed by atoms with Crippen molar-refractivity contribution in [1.29, 1.82) is 0 Å². The van der Waals surface area contributed by atoms with Gasteiger partial charge in [-0.1, -0.05) is 0 Å². The summed E-state index contributed by atoms with van der Waals surface area (Å²) in [5.74, 6) is 0. The van der Waals surface area contributed by atoms with Gasteiger partial charge < -0.3 is 9.74 Å². The Bertz CT molecular complexity index is 209. The van der Waals surface area contributed by atoms with Crippen molar-refractivity contribution in [1.82, 2.24) is 13.7 Å². The van der Waals surface area contributed by atoms with Crippen LogP contribution in [0, 0.1) is 0 Å². The number of hydrogen-bond donors (Lipinski definition) is 2. The van der Waals surface area contributed by atoms with Crippen LogP contribution < -0.4 is 0 Å². The maximum absolute atomic E-state index is 11.1. The van der Waals surface area contributed by atoms with E-state index < -0.39 is 6.09 Å². The fraction of sp³-hybridized carbons (Fsp3) is 0.857. The van der Waals surface area contributed by atoms with Gasteiger partial charge in [-0.05, 0) is 45.6 Å². The molecular formula is C7H18BiN3O2S2. The number of thiol groups is 2. The summed E-state index contributed by atoms with van der Waals surface area (Å²) in [6.07, 6.45) is 0.421. The summed E-state index contributed by atoms with van der Waals surface area (Å²) >= 11 is 7.45. The number of carbonyl (C=O) groups excluding carboxylic acids is 1. The van der Waals surface area contributed by atoms with E-state index in [-0.39, 0.29) is 26.2 Å². The number of amides is 1. The molecule has 8 heteroatoms. The number of hydroxylamine groups is 2. The topological polar surface area (TPSA) is 36.0 Å². The van der Waals surface area contributed by atoms with Gasteiger partial charge in [0, 0.05) is 19.6 Å². The Morgan fingerprint density at radius 2 is 1.93 bits per heavy atom. The molecule has 0 bridgehead atoms. The molecule has 0 N–H and O–H groups in total. The van der Waals surface area contributed by atoms with Crippen molar-refractivity contribution < 1.29 is 9.63 Å². The SMILES string of the molecule is CN1CCCN(OC(=O)N(S)S)CC1.[BiH3]. The monoisotopic (exact) mass is 449 g/mol. The van der Waals surface area contributed by atoms with Crippen LogP contribution in [0.3, 0.4) is 0 Å². The van der Waals surface area contributed by atoms with Gasteiger partial charge in [0.05, 0.1) is 0 Å². The van der Waals surface area contributed by atoms with E-state index in [2.05, 4.69) is 37.6 Å². The van der Waals surface area contributed by atoms with Crippen LogP contribution >= 0.6 is 25.6 Å². The third kappa shape index (κ3) is 6.16. The number of hydrogen-bond acceptors (Lipinski definition) is 6. The molecule has 0 unspecified atom stereocenters. The van der Waals surface area contributed by atoms with Gasteiger partial charge in [0.1, 0.15) is 0 Å². The first-order valence-electron chi connectivity index (χ1n) is 4.43. The Balaban J connectivity index is 0.00000196. The van der Waals surface area contributed by atoms with E-state index >= 15 is 0 Å². The zero-order chi connectivity index (χ0) is 10.6. The molecule has 15 heavy (non-hydrogen) atoms. The standard InChI is InChI=1S/C7H15N3O2S2.Bi.3H/c1-8-3-2-4-9(6-5-8)12-7(11)10(13)14;;;;/h13-14H,2-6H2,1H3;;;;. The fourth-order valence-corrected chi connectivity index (χ4v) is 1.33. The van der Waals surface area contributed by atoms with Crippen molar-refractivity contribution in [2.75, 3.05) is 33.2 Å². The van der Waals surface area contributed by atoms with E-state index in [0.29, 0.717) is 0 Å². The van der Waals surface area contributed by atoms with Gasteiger partial charge in [-0.2, -0.15) is 3.71 Å². The zero-order valence-corrected chi connectivity index (χ0v) is 16.1. The molecule has 0 spiro atoms. The van der Waals surface area contributed by atoms with Gasteiger partial charge >= 0.3 is 32.3 Å². The van der Waals surface area contributed by atoms with Crippen LogP contribution in [0.5, 0.6) is 0 Å². The maximum atomic E-state index is 11.1. The van der Waals surface area contributed by atoms with Crippen molar-refractivity contribution in [3.63, 3.8) is 0 Å². The summed E-state index contributed by atoms with van der Waals surface area (Å²) < 4.78 is 0.828. The van der Waals surface area contributed by atoms with Crippen LogP contribution in [0.15, 0.2) is 0 Å². The van der Waals surface area contributed by atoms with Crippen LogP contribution in [-0.2, 0) is 4.84 Å². The second kappa shape index (κ2) is 7.95. The minimum absolute atomic E-state index is 0. The molecular weight excluding hydrogens is 431 g/mol. The van der Waals surface area contributed by atoms with Gasteiger partial charge in [-0.3, -0.25) is 0 Å². The summed E-state index contributed by atoms with van der Waals surface area (Å²) in [5.41, 5.74) is 0. The average molecular weight is 449 g/mol. The summed E-state index contributed by atoms with van der Waals surface area (Å²) in [5, 5.41) is 1.64. The van der Waals surface area contributed by atoms with Crippen molar-refractivity contribution in [2.24, 2.45) is 0 Å². The first-order chi connectivity index (χ1) is 6.59. The zero-order valence-electron chi connectivity index (χ0n) is 8.80. The van der Waals surface area contributed by atoms with Crippen LogP contribution in [0.2, 0.25) is 0 Å². The van der Waals surface area contributed by atoms with E-state index in [1.807, 2.05) is 0 Å². The van der Waals surface area contributed by atoms with Crippen molar-refractivity contribution in [3.8, 4) is 0 Å². The number of likely N-dealkylation sites (N-methyl/N-ethyl adjacent to an activating group) is 1.